The van der Waals surface area contributed by atoms with E-state index in [4.69, 9.17) is 11.6 Å². The van der Waals surface area contributed by atoms with Crippen LogP contribution in [-0.2, 0) is 4.79 Å². The molecule has 0 spiro atoms. The Morgan fingerprint density at radius 2 is 2.04 bits per heavy atom. The van der Waals surface area contributed by atoms with Crippen LogP contribution < -0.4 is 10.2 Å². The minimum atomic E-state index is 0.115. The zero-order valence-corrected chi connectivity index (χ0v) is 15.4. The first-order valence-corrected chi connectivity index (χ1v) is 9.13. The van der Waals surface area contributed by atoms with E-state index in [0.29, 0.717) is 43.0 Å². The Hall–Kier alpha value is -2.94. The number of H-pyrrole nitrogens is 1. The summed E-state index contributed by atoms with van der Waals surface area (Å²) in [4.78, 5) is 36.2. The Morgan fingerprint density at radius 3 is 2.81 bits per heavy atom. The van der Waals surface area contributed by atoms with Crippen LogP contribution in [0.2, 0.25) is 5.28 Å². The number of hydrogen-bond donors (Lipinski definition) is 2. The van der Waals surface area contributed by atoms with E-state index in [0.717, 1.165) is 18.9 Å². The minimum Gasteiger partial charge on any atom is -0.368 e. The Morgan fingerprint density at radius 1 is 1.19 bits per heavy atom. The number of pyridine rings is 1. The first-order chi connectivity index (χ1) is 13.2. The molecule has 3 aromatic heterocycles. The number of fused-ring (bicyclic) bond motifs is 1. The SMILES string of the molecule is O=C(CCNc1nc(Cl)nc2nc[nH]c12)N1CCN(c2ccccn2)CC1. The van der Waals surface area contributed by atoms with Gasteiger partial charge in [-0.25, -0.2) is 9.97 Å². The molecule has 4 heterocycles. The topological polar surface area (TPSA) is 103 Å². The lowest BCUT2D eigenvalue weighted by molar-refractivity contribution is -0.131. The number of carbonyl (C=O) groups excluding carboxylic acids is 1. The molecule has 2 N–H and O–H groups in total. The van der Waals surface area contributed by atoms with Gasteiger partial charge in [0.05, 0.1) is 6.33 Å². The number of piperazine rings is 1. The fourth-order valence-corrected chi connectivity index (χ4v) is 3.27. The number of anilines is 2. The van der Waals surface area contributed by atoms with E-state index in [9.17, 15) is 4.79 Å². The van der Waals surface area contributed by atoms with Crippen LogP contribution in [0.4, 0.5) is 11.6 Å². The first kappa shape index (κ1) is 17.5. The number of halogens is 1. The second-order valence-electron chi connectivity index (χ2n) is 6.17. The zero-order chi connectivity index (χ0) is 18.6. The van der Waals surface area contributed by atoms with Crippen molar-refractivity contribution in [2.24, 2.45) is 0 Å². The van der Waals surface area contributed by atoms with E-state index in [-0.39, 0.29) is 11.2 Å². The Bertz CT molecular complexity index is 923. The second kappa shape index (κ2) is 7.75. The van der Waals surface area contributed by atoms with E-state index in [1.54, 1.807) is 6.20 Å². The molecule has 0 saturated carbocycles. The third kappa shape index (κ3) is 3.92. The Labute approximate surface area is 160 Å². The minimum absolute atomic E-state index is 0.115. The summed E-state index contributed by atoms with van der Waals surface area (Å²) in [6, 6.07) is 5.87. The van der Waals surface area contributed by atoms with Crippen molar-refractivity contribution in [2.45, 2.75) is 6.42 Å². The summed E-state index contributed by atoms with van der Waals surface area (Å²) in [5, 5.41) is 3.26. The summed E-state index contributed by atoms with van der Waals surface area (Å²) in [5.74, 6) is 1.62. The first-order valence-electron chi connectivity index (χ1n) is 8.75. The molecule has 140 valence electrons. The lowest BCUT2D eigenvalue weighted by Gasteiger charge is -2.35. The van der Waals surface area contributed by atoms with E-state index in [1.165, 1.54) is 6.33 Å². The summed E-state index contributed by atoms with van der Waals surface area (Å²) in [7, 11) is 0. The molecule has 1 aliphatic heterocycles. The summed E-state index contributed by atoms with van der Waals surface area (Å²) < 4.78 is 0. The van der Waals surface area contributed by atoms with Crippen molar-refractivity contribution in [1.29, 1.82) is 0 Å². The van der Waals surface area contributed by atoms with Gasteiger partial charge in [0.2, 0.25) is 11.2 Å². The van der Waals surface area contributed by atoms with Gasteiger partial charge >= 0.3 is 0 Å². The van der Waals surface area contributed by atoms with Crippen LogP contribution in [0.15, 0.2) is 30.7 Å². The normalized spacial score (nSPS) is 14.6. The number of rotatable bonds is 5. The van der Waals surface area contributed by atoms with Crippen LogP contribution in [0.1, 0.15) is 6.42 Å². The maximum atomic E-state index is 12.5. The number of aromatic nitrogens is 5. The van der Waals surface area contributed by atoms with Crippen LogP contribution in [0.5, 0.6) is 0 Å². The molecule has 1 fully saturated rings. The quantitative estimate of drug-likeness (QED) is 0.641. The molecule has 27 heavy (non-hydrogen) atoms. The number of nitrogens with zero attached hydrogens (tertiary/aromatic N) is 6. The number of aromatic amines is 1. The molecule has 0 aliphatic carbocycles. The van der Waals surface area contributed by atoms with Gasteiger partial charge in [0.1, 0.15) is 11.3 Å². The number of nitrogens with one attached hydrogen (secondary N) is 2. The molecule has 1 aliphatic rings. The van der Waals surface area contributed by atoms with Crippen LogP contribution in [0.25, 0.3) is 11.2 Å². The third-order valence-electron chi connectivity index (χ3n) is 4.50. The highest BCUT2D eigenvalue weighted by Crippen LogP contribution is 2.18. The van der Waals surface area contributed by atoms with Crippen molar-refractivity contribution in [2.75, 3.05) is 42.9 Å². The van der Waals surface area contributed by atoms with Crippen molar-refractivity contribution >= 4 is 40.3 Å². The highest BCUT2D eigenvalue weighted by atomic mass is 35.5. The fourth-order valence-electron chi connectivity index (χ4n) is 3.11. The summed E-state index contributed by atoms with van der Waals surface area (Å²) in [6.07, 6.45) is 3.70. The average Bonchev–Trinajstić information content (AvgIpc) is 3.17. The molecule has 1 amide bonds. The molecular formula is C17H19ClN8O. The number of amides is 1. The molecule has 0 bridgehead atoms. The second-order valence-corrected chi connectivity index (χ2v) is 6.51. The van der Waals surface area contributed by atoms with Crippen molar-refractivity contribution < 1.29 is 4.79 Å². The van der Waals surface area contributed by atoms with Crippen molar-refractivity contribution in [3.05, 3.63) is 36.0 Å². The molecule has 4 rings (SSSR count). The van der Waals surface area contributed by atoms with Gasteiger partial charge in [-0.2, -0.15) is 9.97 Å². The number of hydrogen-bond acceptors (Lipinski definition) is 7. The van der Waals surface area contributed by atoms with Gasteiger partial charge in [-0.15, -0.1) is 0 Å². The summed E-state index contributed by atoms with van der Waals surface area (Å²) >= 11 is 5.91. The molecular weight excluding hydrogens is 368 g/mol. The van der Waals surface area contributed by atoms with Crippen molar-refractivity contribution in [1.82, 2.24) is 29.8 Å². The lowest BCUT2D eigenvalue weighted by atomic mass is 10.2. The number of imidazole rings is 1. The Balaban J connectivity index is 1.28. The summed E-state index contributed by atoms with van der Waals surface area (Å²) in [5.41, 5.74) is 1.17. The lowest BCUT2D eigenvalue weighted by Crippen LogP contribution is -2.49. The van der Waals surface area contributed by atoms with Crippen LogP contribution >= 0.6 is 11.6 Å². The van der Waals surface area contributed by atoms with E-state index in [2.05, 4.69) is 35.1 Å². The molecule has 0 radical (unpaired) electrons. The maximum Gasteiger partial charge on any atom is 0.226 e. The third-order valence-corrected chi connectivity index (χ3v) is 4.66. The average molecular weight is 387 g/mol. The predicted molar refractivity (Wildman–Crippen MR) is 103 cm³/mol. The van der Waals surface area contributed by atoms with Crippen molar-refractivity contribution in [3.8, 4) is 0 Å². The van der Waals surface area contributed by atoms with Crippen LogP contribution in [0.3, 0.4) is 0 Å². The highest BCUT2D eigenvalue weighted by molar-refractivity contribution is 6.28. The molecule has 0 aromatic carbocycles. The van der Waals surface area contributed by atoms with E-state index in [1.807, 2.05) is 23.1 Å². The smallest absolute Gasteiger partial charge is 0.226 e. The van der Waals surface area contributed by atoms with E-state index < -0.39 is 0 Å². The van der Waals surface area contributed by atoms with Crippen LogP contribution in [0, 0.1) is 0 Å². The molecule has 3 aromatic rings. The molecule has 1 saturated heterocycles. The standard InChI is InChI=1S/C17H19ClN8O/c18-17-23-15(14-16(24-17)22-11-21-14)20-6-4-13(27)26-9-7-25(8-10-26)12-3-1-2-5-19-12/h1-3,5,11H,4,6-10H2,(H2,20,21,22,23,24). The van der Waals surface area contributed by atoms with Crippen molar-refractivity contribution in [3.63, 3.8) is 0 Å². The monoisotopic (exact) mass is 386 g/mol. The largest absolute Gasteiger partial charge is 0.368 e. The predicted octanol–water partition coefficient (Wildman–Crippen LogP) is 1.55. The van der Waals surface area contributed by atoms with Crippen LogP contribution in [-0.4, -0.2) is 68.5 Å². The molecule has 9 nitrogen and oxygen atoms in total. The van der Waals surface area contributed by atoms with Gasteiger partial charge in [-0.1, -0.05) is 6.07 Å². The maximum absolute atomic E-state index is 12.5. The van der Waals surface area contributed by atoms with Gasteiger partial charge in [0.25, 0.3) is 0 Å². The fraction of sp³-hybridized carbons (Fsp3) is 0.353. The van der Waals surface area contributed by atoms with Gasteiger partial charge < -0.3 is 20.1 Å². The van der Waals surface area contributed by atoms with Gasteiger partial charge in [0, 0.05) is 45.3 Å². The van der Waals surface area contributed by atoms with Gasteiger partial charge in [-0.05, 0) is 23.7 Å². The summed E-state index contributed by atoms with van der Waals surface area (Å²) in [6.45, 7) is 3.42. The van der Waals surface area contributed by atoms with Gasteiger partial charge in [0.15, 0.2) is 11.5 Å². The zero-order valence-electron chi connectivity index (χ0n) is 14.6. The Kier molecular flexibility index (Phi) is 5.01. The van der Waals surface area contributed by atoms with E-state index >= 15 is 0 Å². The molecule has 10 heteroatoms. The molecule has 0 unspecified atom stereocenters. The highest BCUT2D eigenvalue weighted by Gasteiger charge is 2.21. The number of carbonyl (C=O) groups is 1. The molecule has 0 atom stereocenters. The van der Waals surface area contributed by atoms with Gasteiger partial charge in [-0.3, -0.25) is 4.79 Å².